The molecule has 1 aliphatic rings. The first kappa shape index (κ1) is 16.9. The van der Waals surface area contributed by atoms with Crippen molar-refractivity contribution in [2.75, 3.05) is 33.1 Å². The molecule has 0 radical (unpaired) electrons. The van der Waals surface area contributed by atoms with Crippen LogP contribution in [0.25, 0.3) is 0 Å². The second-order valence-electron chi connectivity index (χ2n) is 5.74. The largest absolute Gasteiger partial charge is 0.385 e. The van der Waals surface area contributed by atoms with Crippen molar-refractivity contribution in [3.05, 3.63) is 0 Å². The first-order valence-corrected chi connectivity index (χ1v) is 8.64. The first-order valence-electron chi connectivity index (χ1n) is 7.04. The molecule has 1 saturated carbocycles. The number of ether oxygens (including phenoxy) is 1. The van der Waals surface area contributed by atoms with Crippen LogP contribution in [-0.2, 0) is 14.8 Å². The Balaban J connectivity index is 2.74. The van der Waals surface area contributed by atoms with E-state index >= 15 is 0 Å². The van der Waals surface area contributed by atoms with Crippen LogP contribution in [-0.4, -0.2) is 51.3 Å². The minimum Gasteiger partial charge on any atom is -0.385 e. The topological polar surface area (TPSA) is 72.6 Å². The van der Waals surface area contributed by atoms with Crippen LogP contribution in [0.1, 0.15) is 39.0 Å². The fourth-order valence-electron chi connectivity index (χ4n) is 2.76. The van der Waals surface area contributed by atoms with Gasteiger partial charge in [-0.25, -0.2) is 8.42 Å². The van der Waals surface area contributed by atoms with E-state index in [4.69, 9.17) is 10.5 Å². The van der Waals surface area contributed by atoms with E-state index in [1.165, 1.54) is 0 Å². The van der Waals surface area contributed by atoms with Gasteiger partial charge in [0.25, 0.3) is 0 Å². The maximum absolute atomic E-state index is 12.4. The minimum atomic E-state index is -3.25. The van der Waals surface area contributed by atoms with Gasteiger partial charge in [0.2, 0.25) is 10.0 Å². The van der Waals surface area contributed by atoms with Gasteiger partial charge in [0.15, 0.2) is 0 Å². The lowest BCUT2D eigenvalue weighted by Gasteiger charge is -2.44. The number of nitrogens with two attached hydrogens (primary N) is 1. The van der Waals surface area contributed by atoms with Gasteiger partial charge in [-0.15, -0.1) is 0 Å². The van der Waals surface area contributed by atoms with Crippen molar-refractivity contribution in [1.82, 2.24) is 4.31 Å². The number of sulfonamides is 1. The molecule has 2 N–H and O–H groups in total. The molecule has 5 nitrogen and oxygen atoms in total. The van der Waals surface area contributed by atoms with E-state index in [1.807, 2.05) is 0 Å². The monoisotopic (exact) mass is 292 g/mol. The third-order valence-corrected chi connectivity index (χ3v) is 6.45. The molecule has 0 aliphatic heterocycles. The average molecular weight is 292 g/mol. The summed E-state index contributed by atoms with van der Waals surface area (Å²) in [5.41, 5.74) is 5.53. The lowest BCUT2D eigenvalue weighted by atomic mass is 9.77. The molecule has 0 saturated heterocycles. The highest BCUT2D eigenvalue weighted by atomic mass is 32.2. The Labute approximate surface area is 117 Å². The van der Waals surface area contributed by atoms with Gasteiger partial charge in [0.05, 0.1) is 5.75 Å². The van der Waals surface area contributed by atoms with Gasteiger partial charge in [-0.2, -0.15) is 4.31 Å². The molecular weight excluding hydrogens is 264 g/mol. The van der Waals surface area contributed by atoms with Crippen molar-refractivity contribution in [2.24, 2.45) is 11.7 Å². The molecule has 0 amide bonds. The zero-order valence-electron chi connectivity index (χ0n) is 12.4. The molecular formula is C13H28N2O3S. The highest BCUT2D eigenvalue weighted by molar-refractivity contribution is 7.89. The third-order valence-electron chi connectivity index (χ3n) is 4.42. The van der Waals surface area contributed by atoms with Gasteiger partial charge in [-0.1, -0.05) is 6.92 Å². The first-order chi connectivity index (χ1) is 8.88. The van der Waals surface area contributed by atoms with Crippen molar-refractivity contribution in [3.63, 3.8) is 0 Å². The fourth-order valence-corrected chi connectivity index (χ4v) is 4.37. The Morgan fingerprint density at radius 1 is 1.37 bits per heavy atom. The van der Waals surface area contributed by atoms with E-state index < -0.39 is 10.0 Å². The van der Waals surface area contributed by atoms with Crippen LogP contribution in [0, 0.1) is 5.92 Å². The Hall–Kier alpha value is -0.170. The second kappa shape index (κ2) is 7.02. The summed E-state index contributed by atoms with van der Waals surface area (Å²) < 4.78 is 31.2. The van der Waals surface area contributed by atoms with E-state index in [2.05, 4.69) is 6.92 Å². The average Bonchev–Trinajstić information content (AvgIpc) is 2.39. The van der Waals surface area contributed by atoms with Crippen LogP contribution in [0.4, 0.5) is 0 Å². The number of hydrogen-bond acceptors (Lipinski definition) is 4. The predicted molar refractivity (Wildman–Crippen MR) is 77.5 cm³/mol. The molecule has 0 aromatic rings. The summed E-state index contributed by atoms with van der Waals surface area (Å²) in [5, 5.41) is 0. The lowest BCUT2D eigenvalue weighted by Crippen LogP contribution is -2.56. The van der Waals surface area contributed by atoms with Crippen molar-refractivity contribution in [3.8, 4) is 0 Å². The van der Waals surface area contributed by atoms with Crippen LogP contribution >= 0.6 is 0 Å². The maximum Gasteiger partial charge on any atom is 0.214 e. The van der Waals surface area contributed by atoms with E-state index in [0.29, 0.717) is 25.5 Å². The summed E-state index contributed by atoms with van der Waals surface area (Å²) in [6, 6.07) is 0. The zero-order chi connectivity index (χ0) is 14.5. The molecule has 0 heterocycles. The summed E-state index contributed by atoms with van der Waals surface area (Å²) in [7, 11) is 0.0222. The van der Waals surface area contributed by atoms with Gasteiger partial charge in [0, 0.05) is 32.8 Å². The van der Waals surface area contributed by atoms with Crippen LogP contribution in [0.3, 0.4) is 0 Å². The number of rotatable bonds is 7. The summed E-state index contributed by atoms with van der Waals surface area (Å²) in [6.07, 6.45) is 4.36. The van der Waals surface area contributed by atoms with Gasteiger partial charge in [-0.3, -0.25) is 0 Å². The van der Waals surface area contributed by atoms with Crippen molar-refractivity contribution >= 4 is 10.0 Å². The standard InChI is InChI=1S/C13H28N2O3S/c1-12-5-7-13(11-14,8-6-12)15(2)19(16,17)10-4-9-18-3/h12H,4-11,14H2,1-3H3. The molecule has 6 heteroatoms. The quantitative estimate of drug-likeness (QED) is 0.715. The van der Waals surface area contributed by atoms with E-state index in [1.54, 1.807) is 18.5 Å². The molecule has 0 atom stereocenters. The summed E-state index contributed by atoms with van der Waals surface area (Å²) in [4.78, 5) is 0. The number of hydrogen-bond donors (Lipinski definition) is 1. The van der Waals surface area contributed by atoms with Crippen LogP contribution in [0.5, 0.6) is 0 Å². The van der Waals surface area contributed by atoms with Crippen LogP contribution < -0.4 is 5.73 Å². The van der Waals surface area contributed by atoms with Gasteiger partial charge >= 0.3 is 0 Å². The van der Waals surface area contributed by atoms with Gasteiger partial charge in [-0.05, 0) is 38.0 Å². The number of nitrogens with zero attached hydrogens (tertiary/aromatic N) is 1. The molecule has 0 bridgehead atoms. The Kier molecular flexibility index (Phi) is 6.23. The molecule has 0 aromatic heterocycles. The Morgan fingerprint density at radius 3 is 2.42 bits per heavy atom. The molecule has 1 aliphatic carbocycles. The number of likely N-dealkylation sites (N-methyl/N-ethyl adjacent to an activating group) is 1. The molecule has 1 rings (SSSR count). The van der Waals surface area contributed by atoms with E-state index in [-0.39, 0.29) is 11.3 Å². The van der Waals surface area contributed by atoms with Crippen molar-refractivity contribution < 1.29 is 13.2 Å². The van der Waals surface area contributed by atoms with Crippen LogP contribution in [0.15, 0.2) is 0 Å². The molecule has 0 unspecified atom stereocenters. The maximum atomic E-state index is 12.4. The molecule has 1 fully saturated rings. The predicted octanol–water partition coefficient (Wildman–Crippen LogP) is 1.19. The molecule has 19 heavy (non-hydrogen) atoms. The van der Waals surface area contributed by atoms with Gasteiger partial charge < -0.3 is 10.5 Å². The second-order valence-corrected chi connectivity index (χ2v) is 7.86. The summed E-state index contributed by atoms with van der Waals surface area (Å²) >= 11 is 0. The van der Waals surface area contributed by atoms with Crippen LogP contribution in [0.2, 0.25) is 0 Å². The summed E-state index contributed by atoms with van der Waals surface area (Å²) in [6.45, 7) is 3.09. The van der Waals surface area contributed by atoms with Gasteiger partial charge in [0.1, 0.15) is 0 Å². The van der Waals surface area contributed by atoms with E-state index in [0.717, 1.165) is 25.7 Å². The molecule has 114 valence electrons. The highest BCUT2D eigenvalue weighted by Gasteiger charge is 2.41. The molecule has 0 spiro atoms. The minimum absolute atomic E-state index is 0.134. The van der Waals surface area contributed by atoms with Crippen molar-refractivity contribution in [2.45, 2.75) is 44.6 Å². The third kappa shape index (κ3) is 4.15. The SMILES string of the molecule is COCCCS(=O)(=O)N(C)C1(CN)CCC(C)CC1. The zero-order valence-corrected chi connectivity index (χ0v) is 13.2. The normalized spacial score (nSPS) is 28.8. The highest BCUT2D eigenvalue weighted by Crippen LogP contribution is 2.36. The number of methoxy groups -OCH3 is 1. The van der Waals surface area contributed by atoms with E-state index in [9.17, 15) is 8.42 Å². The Morgan fingerprint density at radius 2 is 1.95 bits per heavy atom. The molecule has 0 aromatic carbocycles. The Bertz CT molecular complexity index is 362. The lowest BCUT2D eigenvalue weighted by molar-refractivity contribution is 0.134. The fraction of sp³-hybridized carbons (Fsp3) is 1.00. The smallest absolute Gasteiger partial charge is 0.214 e. The summed E-state index contributed by atoms with van der Waals surface area (Å²) in [5.74, 6) is 0.804. The van der Waals surface area contributed by atoms with Crippen molar-refractivity contribution in [1.29, 1.82) is 0 Å².